The average Bonchev–Trinajstić information content (AvgIpc) is 2.36. The molecule has 100 valence electrons. The molecule has 18 heavy (non-hydrogen) atoms. The zero-order valence-corrected chi connectivity index (χ0v) is 11.5. The zero-order chi connectivity index (χ0) is 13.4. The molecule has 0 aromatic heterocycles. The minimum atomic E-state index is -0.188. The van der Waals surface area contributed by atoms with Crippen LogP contribution in [0.1, 0.15) is 32.8 Å². The number of rotatable bonds is 7. The van der Waals surface area contributed by atoms with Crippen molar-refractivity contribution < 1.29 is 9.53 Å². The number of hydrogen-bond acceptors (Lipinski definition) is 3. The summed E-state index contributed by atoms with van der Waals surface area (Å²) in [4.78, 5) is 11.4. The second kappa shape index (κ2) is 7.88. The van der Waals surface area contributed by atoms with Crippen molar-refractivity contribution in [3.8, 4) is 5.75 Å². The standard InChI is InChI=1S/C15H23NO2/c1-4-10-16-11-9-13-5-7-14(8-6-13)18-15(17)12(2)3/h5-8,12,16H,4,9-11H2,1-3H3. The maximum atomic E-state index is 11.4. The quantitative estimate of drug-likeness (QED) is 0.459. The molecule has 0 saturated heterocycles. The Labute approximate surface area is 110 Å². The molecule has 0 unspecified atom stereocenters. The summed E-state index contributed by atoms with van der Waals surface area (Å²) in [7, 11) is 0. The molecular formula is C15H23NO2. The van der Waals surface area contributed by atoms with Crippen LogP contribution in [-0.4, -0.2) is 19.1 Å². The van der Waals surface area contributed by atoms with Crippen LogP contribution in [-0.2, 0) is 11.2 Å². The van der Waals surface area contributed by atoms with E-state index in [0.717, 1.165) is 25.9 Å². The molecule has 0 fully saturated rings. The van der Waals surface area contributed by atoms with Crippen molar-refractivity contribution >= 4 is 5.97 Å². The molecule has 1 aromatic carbocycles. The first-order valence-corrected chi connectivity index (χ1v) is 6.64. The van der Waals surface area contributed by atoms with Gasteiger partial charge in [0.1, 0.15) is 5.75 Å². The van der Waals surface area contributed by atoms with Gasteiger partial charge in [0.25, 0.3) is 0 Å². The van der Waals surface area contributed by atoms with Crippen LogP contribution in [0.4, 0.5) is 0 Å². The first kappa shape index (κ1) is 14.7. The van der Waals surface area contributed by atoms with Crippen molar-refractivity contribution in [2.75, 3.05) is 13.1 Å². The highest BCUT2D eigenvalue weighted by Gasteiger charge is 2.09. The van der Waals surface area contributed by atoms with Crippen molar-refractivity contribution in [3.05, 3.63) is 29.8 Å². The maximum absolute atomic E-state index is 11.4. The summed E-state index contributed by atoms with van der Waals surface area (Å²) < 4.78 is 5.22. The van der Waals surface area contributed by atoms with Gasteiger partial charge in [-0.05, 0) is 43.6 Å². The van der Waals surface area contributed by atoms with E-state index in [2.05, 4.69) is 12.2 Å². The molecule has 0 atom stereocenters. The first-order chi connectivity index (χ1) is 8.63. The lowest BCUT2D eigenvalue weighted by atomic mass is 10.1. The van der Waals surface area contributed by atoms with E-state index in [0.29, 0.717) is 5.75 Å². The van der Waals surface area contributed by atoms with Crippen molar-refractivity contribution in [2.24, 2.45) is 5.92 Å². The van der Waals surface area contributed by atoms with Gasteiger partial charge in [0.05, 0.1) is 5.92 Å². The van der Waals surface area contributed by atoms with E-state index in [1.807, 2.05) is 38.1 Å². The molecule has 1 aromatic rings. The van der Waals surface area contributed by atoms with Gasteiger partial charge >= 0.3 is 5.97 Å². The molecule has 3 nitrogen and oxygen atoms in total. The summed E-state index contributed by atoms with van der Waals surface area (Å²) in [5, 5.41) is 3.36. The highest BCUT2D eigenvalue weighted by atomic mass is 16.5. The molecule has 0 saturated carbocycles. The molecule has 0 aliphatic heterocycles. The molecular weight excluding hydrogens is 226 g/mol. The Morgan fingerprint density at radius 2 is 1.89 bits per heavy atom. The molecule has 3 heteroatoms. The minimum Gasteiger partial charge on any atom is -0.426 e. The van der Waals surface area contributed by atoms with Gasteiger partial charge in [0, 0.05) is 0 Å². The van der Waals surface area contributed by atoms with Crippen molar-refractivity contribution in [3.63, 3.8) is 0 Å². The normalized spacial score (nSPS) is 10.7. The van der Waals surface area contributed by atoms with Gasteiger partial charge in [-0.2, -0.15) is 0 Å². The van der Waals surface area contributed by atoms with Crippen molar-refractivity contribution in [1.82, 2.24) is 5.32 Å². The summed E-state index contributed by atoms with van der Waals surface area (Å²) in [6, 6.07) is 7.73. The topological polar surface area (TPSA) is 38.3 Å². The van der Waals surface area contributed by atoms with Gasteiger partial charge < -0.3 is 10.1 Å². The maximum Gasteiger partial charge on any atom is 0.313 e. The van der Waals surface area contributed by atoms with E-state index in [4.69, 9.17) is 4.74 Å². The van der Waals surface area contributed by atoms with Gasteiger partial charge in [0.2, 0.25) is 0 Å². The number of ether oxygens (including phenoxy) is 1. The molecule has 0 radical (unpaired) electrons. The fourth-order valence-electron chi connectivity index (χ4n) is 1.49. The van der Waals surface area contributed by atoms with Crippen LogP contribution in [0.3, 0.4) is 0 Å². The molecule has 0 aliphatic carbocycles. The second-order valence-electron chi connectivity index (χ2n) is 4.72. The molecule has 0 aliphatic rings. The van der Waals surface area contributed by atoms with Crippen molar-refractivity contribution in [2.45, 2.75) is 33.6 Å². The molecule has 0 spiro atoms. The number of esters is 1. The Kier molecular flexibility index (Phi) is 6.44. The fourth-order valence-corrected chi connectivity index (χ4v) is 1.49. The smallest absolute Gasteiger partial charge is 0.313 e. The zero-order valence-electron chi connectivity index (χ0n) is 11.5. The van der Waals surface area contributed by atoms with Crippen LogP contribution >= 0.6 is 0 Å². The Hall–Kier alpha value is -1.35. The Morgan fingerprint density at radius 3 is 2.44 bits per heavy atom. The lowest BCUT2D eigenvalue weighted by Crippen LogP contribution is -2.17. The first-order valence-electron chi connectivity index (χ1n) is 6.64. The highest BCUT2D eigenvalue weighted by Crippen LogP contribution is 2.14. The van der Waals surface area contributed by atoms with Gasteiger partial charge in [-0.15, -0.1) is 0 Å². The lowest BCUT2D eigenvalue weighted by Gasteiger charge is -2.08. The minimum absolute atomic E-state index is 0.0945. The average molecular weight is 249 g/mol. The number of benzene rings is 1. The number of hydrogen-bond donors (Lipinski definition) is 1. The van der Waals surface area contributed by atoms with Crippen LogP contribution in [0.2, 0.25) is 0 Å². The summed E-state index contributed by atoms with van der Waals surface area (Å²) in [5.41, 5.74) is 1.25. The largest absolute Gasteiger partial charge is 0.426 e. The molecule has 1 rings (SSSR count). The van der Waals surface area contributed by atoms with E-state index in [-0.39, 0.29) is 11.9 Å². The summed E-state index contributed by atoms with van der Waals surface area (Å²) in [6.07, 6.45) is 2.16. The molecule has 0 heterocycles. The van der Waals surface area contributed by atoms with Gasteiger partial charge in [-0.25, -0.2) is 0 Å². The molecule has 0 bridgehead atoms. The van der Waals surface area contributed by atoms with Crippen LogP contribution in [0, 0.1) is 5.92 Å². The van der Waals surface area contributed by atoms with E-state index >= 15 is 0 Å². The predicted molar refractivity (Wildman–Crippen MR) is 73.8 cm³/mol. The van der Waals surface area contributed by atoms with E-state index in [1.165, 1.54) is 5.56 Å². The number of nitrogens with one attached hydrogen (secondary N) is 1. The third-order valence-corrected chi connectivity index (χ3v) is 2.63. The Morgan fingerprint density at radius 1 is 1.22 bits per heavy atom. The van der Waals surface area contributed by atoms with Crippen LogP contribution < -0.4 is 10.1 Å². The third kappa shape index (κ3) is 5.32. The fraction of sp³-hybridized carbons (Fsp3) is 0.533. The number of carbonyl (C=O) groups is 1. The number of carbonyl (C=O) groups excluding carboxylic acids is 1. The summed E-state index contributed by atoms with van der Waals surface area (Å²) in [5.74, 6) is 0.342. The molecule has 0 amide bonds. The second-order valence-corrected chi connectivity index (χ2v) is 4.72. The predicted octanol–water partition coefficient (Wildman–Crippen LogP) is 2.79. The highest BCUT2D eigenvalue weighted by molar-refractivity contribution is 5.74. The SMILES string of the molecule is CCCNCCc1ccc(OC(=O)C(C)C)cc1. The Balaban J connectivity index is 2.40. The van der Waals surface area contributed by atoms with Gasteiger partial charge in [0.15, 0.2) is 0 Å². The third-order valence-electron chi connectivity index (χ3n) is 2.63. The van der Waals surface area contributed by atoms with Crippen LogP contribution in [0.15, 0.2) is 24.3 Å². The summed E-state index contributed by atoms with van der Waals surface area (Å²) >= 11 is 0. The van der Waals surface area contributed by atoms with E-state index in [1.54, 1.807) is 0 Å². The molecule has 1 N–H and O–H groups in total. The van der Waals surface area contributed by atoms with Gasteiger partial charge in [-0.1, -0.05) is 32.9 Å². The van der Waals surface area contributed by atoms with E-state index < -0.39 is 0 Å². The Bertz CT molecular complexity index is 357. The lowest BCUT2D eigenvalue weighted by molar-refractivity contribution is -0.137. The van der Waals surface area contributed by atoms with Crippen LogP contribution in [0.5, 0.6) is 5.75 Å². The summed E-state index contributed by atoms with van der Waals surface area (Å²) in [6.45, 7) is 7.86. The van der Waals surface area contributed by atoms with Crippen LogP contribution in [0.25, 0.3) is 0 Å². The van der Waals surface area contributed by atoms with E-state index in [9.17, 15) is 4.79 Å². The monoisotopic (exact) mass is 249 g/mol. The van der Waals surface area contributed by atoms with Crippen molar-refractivity contribution in [1.29, 1.82) is 0 Å². The van der Waals surface area contributed by atoms with Gasteiger partial charge in [-0.3, -0.25) is 4.79 Å².